The molecule has 0 fully saturated rings. The number of benzene rings is 1. The van der Waals surface area contributed by atoms with Gasteiger partial charge < -0.3 is 0 Å². The summed E-state index contributed by atoms with van der Waals surface area (Å²) in [5.41, 5.74) is -4.67. The first-order chi connectivity index (χ1) is 11.4. The minimum atomic E-state index is -5.11. The summed E-state index contributed by atoms with van der Waals surface area (Å²) in [5.74, 6) is 0. The predicted octanol–water partition coefficient (Wildman–Crippen LogP) is 5.00. The second-order valence-corrected chi connectivity index (χ2v) is 7.60. The fourth-order valence-electron chi connectivity index (χ4n) is 1.76. The molecule has 0 radical (unpaired) electrons. The molecule has 25 heavy (non-hydrogen) atoms. The van der Waals surface area contributed by atoms with Crippen molar-refractivity contribution < 1.29 is 23.0 Å². The van der Waals surface area contributed by atoms with Gasteiger partial charge in [0.2, 0.25) is 0 Å². The van der Waals surface area contributed by atoms with E-state index in [9.17, 15) is 33.4 Å². The van der Waals surface area contributed by atoms with E-state index in [-0.39, 0.29) is 16.8 Å². The summed E-state index contributed by atoms with van der Waals surface area (Å²) in [6.45, 7) is 1.48. The molecule has 0 aliphatic carbocycles. The number of nitro groups is 2. The summed E-state index contributed by atoms with van der Waals surface area (Å²) in [6, 6.07) is 0.593. The Morgan fingerprint density at radius 1 is 1.32 bits per heavy atom. The van der Waals surface area contributed by atoms with Gasteiger partial charge in [-0.2, -0.15) is 13.2 Å². The van der Waals surface area contributed by atoms with Gasteiger partial charge in [-0.3, -0.25) is 20.2 Å². The maximum atomic E-state index is 13.3. The molecule has 0 saturated heterocycles. The molecular weight excluding hydrogens is 457 g/mol. The van der Waals surface area contributed by atoms with Gasteiger partial charge >= 0.3 is 11.9 Å². The number of halogens is 5. The highest BCUT2D eigenvalue weighted by Crippen LogP contribution is 2.47. The average molecular weight is 462 g/mol. The van der Waals surface area contributed by atoms with Crippen molar-refractivity contribution in [3.05, 3.63) is 37.9 Å². The van der Waals surface area contributed by atoms with Crippen LogP contribution in [0, 0.1) is 20.2 Å². The Bertz CT molecular complexity index is 843. The largest absolute Gasteiger partial charge is 0.418 e. The predicted molar refractivity (Wildman–Crippen MR) is 90.1 cm³/mol. The third kappa shape index (κ3) is 3.77. The smallest absolute Gasteiger partial charge is 0.258 e. The third-order valence-electron chi connectivity index (χ3n) is 2.99. The summed E-state index contributed by atoms with van der Waals surface area (Å²) >= 11 is 9.76. The number of nitrogens with zero attached hydrogens (tertiary/aromatic N) is 4. The summed E-state index contributed by atoms with van der Waals surface area (Å²) < 4.78 is 42.2. The average Bonchev–Trinajstić information content (AvgIpc) is 2.72. The van der Waals surface area contributed by atoms with E-state index in [0.717, 1.165) is 0 Å². The van der Waals surface area contributed by atoms with Crippen LogP contribution in [0.2, 0.25) is 0 Å². The van der Waals surface area contributed by atoms with Crippen molar-refractivity contribution in [3.8, 4) is 0 Å². The Labute approximate surface area is 154 Å². The molecule has 1 aliphatic heterocycles. The molecule has 14 heteroatoms. The minimum absolute atomic E-state index is 0.184. The van der Waals surface area contributed by atoms with Crippen molar-refractivity contribution in [1.29, 1.82) is 0 Å². The summed E-state index contributed by atoms with van der Waals surface area (Å²) in [4.78, 5) is 23.2. The molecule has 8 nitrogen and oxygen atoms in total. The number of hydrogen-bond acceptors (Lipinski definition) is 7. The molecule has 1 unspecified atom stereocenters. The van der Waals surface area contributed by atoms with Crippen LogP contribution >= 0.6 is 39.5 Å². The monoisotopic (exact) mass is 460 g/mol. The molecule has 1 heterocycles. The Hall–Kier alpha value is -1.73. The summed E-state index contributed by atoms with van der Waals surface area (Å²) in [6.07, 6.45) is -5.11. The maximum Gasteiger partial charge on any atom is 0.418 e. The second-order valence-electron chi connectivity index (χ2n) is 4.63. The van der Waals surface area contributed by atoms with Crippen molar-refractivity contribution in [3.63, 3.8) is 0 Å². The number of nitro benzene ring substituents is 2. The van der Waals surface area contributed by atoms with Crippen LogP contribution < -0.4 is 0 Å². The van der Waals surface area contributed by atoms with Gasteiger partial charge in [0.25, 0.3) is 5.69 Å². The Morgan fingerprint density at radius 3 is 2.32 bits per heavy atom. The van der Waals surface area contributed by atoms with Gasteiger partial charge in [0, 0.05) is 18.0 Å². The maximum absolute atomic E-state index is 13.3. The van der Waals surface area contributed by atoms with Gasteiger partial charge in [-0.25, -0.2) is 9.39 Å². The molecule has 1 aromatic rings. The molecule has 1 aromatic carbocycles. The zero-order valence-corrected chi connectivity index (χ0v) is 15.0. The van der Waals surface area contributed by atoms with E-state index >= 15 is 0 Å². The molecule has 0 aromatic heterocycles. The van der Waals surface area contributed by atoms with E-state index in [1.54, 1.807) is 0 Å². The lowest BCUT2D eigenvalue weighted by Crippen LogP contribution is -2.26. The van der Waals surface area contributed by atoms with Crippen LogP contribution in [-0.2, 0) is 6.18 Å². The topological polar surface area (TPSA) is 111 Å². The molecule has 1 atom stereocenters. The lowest BCUT2D eigenvalue weighted by Gasteiger charge is -2.15. The zero-order valence-electron chi connectivity index (χ0n) is 11.9. The first kappa shape index (κ1) is 19.6. The van der Waals surface area contributed by atoms with Crippen molar-refractivity contribution in [2.75, 3.05) is 0 Å². The molecule has 0 saturated carbocycles. The van der Waals surface area contributed by atoms with Gasteiger partial charge in [0.15, 0.2) is 9.47 Å². The number of aliphatic imine (C=N–C) groups is 1. The molecule has 0 amide bonds. The SMILES string of the molecule is CC1=NSC(=Nc2c([N+](=O)[O-])cc([N+](=O)[O-])cc2C(F)(F)F)C1(Cl)Br. The lowest BCUT2D eigenvalue weighted by atomic mass is 10.1. The minimum Gasteiger partial charge on any atom is -0.258 e. The van der Waals surface area contributed by atoms with Crippen LogP contribution in [0.4, 0.5) is 30.2 Å². The molecule has 1 aliphatic rings. The number of non-ortho nitro benzene ring substituents is 1. The van der Waals surface area contributed by atoms with Gasteiger partial charge in [-0.05, 0) is 6.92 Å². The number of rotatable bonds is 3. The molecule has 134 valence electrons. The Morgan fingerprint density at radius 2 is 1.92 bits per heavy atom. The van der Waals surface area contributed by atoms with Gasteiger partial charge in [-0.1, -0.05) is 27.5 Å². The van der Waals surface area contributed by atoms with E-state index in [4.69, 9.17) is 11.6 Å². The summed E-state index contributed by atoms with van der Waals surface area (Å²) in [5, 5.41) is 21.7. The quantitative estimate of drug-likeness (QED) is 0.272. The first-order valence-corrected chi connectivity index (χ1v) is 8.03. The first-order valence-electron chi connectivity index (χ1n) is 6.08. The standard InChI is InChI=1S/C11H5BrClF3N4O4S/c1-4-10(12,13)9(25-18-4)17-8-6(11(14,15)16)2-5(19(21)22)3-7(8)20(23)24/h2-3H,1H3. The van der Waals surface area contributed by atoms with Crippen molar-refractivity contribution >= 4 is 67.3 Å². The van der Waals surface area contributed by atoms with Crippen molar-refractivity contribution in [2.24, 2.45) is 9.39 Å². The molecule has 0 spiro atoms. The van der Waals surface area contributed by atoms with E-state index in [2.05, 4.69) is 25.3 Å². The molecule has 0 N–H and O–H groups in total. The van der Waals surface area contributed by atoms with Gasteiger partial charge in [-0.15, -0.1) is 0 Å². The van der Waals surface area contributed by atoms with Crippen molar-refractivity contribution in [1.82, 2.24) is 0 Å². The van der Waals surface area contributed by atoms with E-state index < -0.39 is 42.4 Å². The highest BCUT2D eigenvalue weighted by Gasteiger charge is 2.43. The van der Waals surface area contributed by atoms with Crippen LogP contribution in [0.25, 0.3) is 0 Å². The van der Waals surface area contributed by atoms with Crippen LogP contribution in [0.15, 0.2) is 21.5 Å². The van der Waals surface area contributed by atoms with Gasteiger partial charge in [0.05, 0.1) is 27.2 Å². The van der Waals surface area contributed by atoms with E-state index in [0.29, 0.717) is 18.0 Å². The van der Waals surface area contributed by atoms with Crippen LogP contribution in [0.3, 0.4) is 0 Å². The highest BCUT2D eigenvalue weighted by atomic mass is 79.9. The third-order valence-corrected chi connectivity index (χ3v) is 5.70. The molecular formula is C11H5BrClF3N4O4S. The summed E-state index contributed by atoms with van der Waals surface area (Å²) in [7, 11) is 0. The lowest BCUT2D eigenvalue weighted by molar-refractivity contribution is -0.394. The van der Waals surface area contributed by atoms with Gasteiger partial charge in [0.1, 0.15) is 5.04 Å². The van der Waals surface area contributed by atoms with E-state index in [1.807, 2.05) is 0 Å². The highest BCUT2D eigenvalue weighted by molar-refractivity contribution is 9.11. The molecule has 2 rings (SSSR count). The fourth-order valence-corrected chi connectivity index (χ4v) is 3.26. The fraction of sp³-hybridized carbons (Fsp3) is 0.273. The van der Waals surface area contributed by atoms with Crippen LogP contribution in [0.5, 0.6) is 0 Å². The number of alkyl halides is 5. The van der Waals surface area contributed by atoms with Crippen molar-refractivity contribution in [2.45, 2.75) is 16.9 Å². The number of hydrogen-bond donors (Lipinski definition) is 0. The Balaban J connectivity index is 2.80. The zero-order chi connectivity index (χ0) is 19.2. The Kier molecular flexibility index (Phi) is 5.12. The normalized spacial score (nSPS) is 22.2. The van der Waals surface area contributed by atoms with E-state index in [1.165, 1.54) is 6.92 Å². The molecule has 0 bridgehead atoms. The second kappa shape index (κ2) is 6.53. The van der Waals surface area contributed by atoms with Crippen LogP contribution in [-0.4, -0.2) is 24.4 Å². The van der Waals surface area contributed by atoms with Crippen LogP contribution in [0.1, 0.15) is 12.5 Å².